The van der Waals surface area contributed by atoms with Gasteiger partial charge in [0.25, 0.3) is 5.91 Å². The first-order valence-electron chi connectivity index (χ1n) is 7.70. The molecular weight excluding hydrogens is 330 g/mol. The number of carbonyl (C=O) groups excluding carboxylic acids is 1. The van der Waals surface area contributed by atoms with Crippen molar-refractivity contribution in [3.05, 3.63) is 53.6 Å². The van der Waals surface area contributed by atoms with Crippen molar-refractivity contribution in [1.29, 1.82) is 0 Å². The van der Waals surface area contributed by atoms with Crippen LogP contribution in [0.15, 0.2) is 36.4 Å². The van der Waals surface area contributed by atoms with Gasteiger partial charge in [0, 0.05) is 6.07 Å². The van der Waals surface area contributed by atoms with Crippen LogP contribution in [0.4, 0.5) is 14.5 Å². The molecule has 0 radical (unpaired) electrons. The second kappa shape index (κ2) is 8.43. The van der Waals surface area contributed by atoms with E-state index >= 15 is 0 Å². The van der Waals surface area contributed by atoms with E-state index < -0.39 is 11.6 Å². The van der Waals surface area contributed by atoms with E-state index in [-0.39, 0.29) is 18.1 Å². The number of likely N-dealkylation sites (N-methyl/N-ethyl adjacent to an activating group) is 1. The maximum absolute atomic E-state index is 13.6. The zero-order valence-electron chi connectivity index (χ0n) is 14.4. The fraction of sp³-hybridized carbons (Fsp3) is 0.278. The third-order valence-corrected chi connectivity index (χ3v) is 3.64. The standard InChI is InChI=1S/C18H20F2N2O3/c1-22(10-12-5-4-6-16(24-2)18(12)25-3)11-17(23)21-15-8-7-13(19)9-14(15)20/h4-9H,10-11H2,1-3H3,(H,21,23)/p+1. The van der Waals surface area contributed by atoms with Gasteiger partial charge < -0.3 is 19.7 Å². The summed E-state index contributed by atoms with van der Waals surface area (Å²) in [7, 11) is 4.95. The molecule has 1 unspecified atom stereocenters. The Hall–Kier alpha value is -2.67. The van der Waals surface area contributed by atoms with Crippen LogP contribution in [-0.4, -0.2) is 33.7 Å². The first-order chi connectivity index (χ1) is 11.9. The number of carbonyl (C=O) groups is 1. The number of ether oxygens (including phenoxy) is 2. The molecule has 2 aromatic carbocycles. The summed E-state index contributed by atoms with van der Waals surface area (Å²) < 4.78 is 37.1. The highest BCUT2D eigenvalue weighted by Crippen LogP contribution is 2.30. The quantitative estimate of drug-likeness (QED) is 0.797. The van der Waals surface area contributed by atoms with Crippen molar-refractivity contribution in [3.8, 4) is 11.5 Å². The van der Waals surface area contributed by atoms with Crippen LogP contribution in [0.25, 0.3) is 0 Å². The van der Waals surface area contributed by atoms with Crippen LogP contribution < -0.4 is 19.7 Å². The highest BCUT2D eigenvalue weighted by atomic mass is 19.1. The Morgan fingerprint density at radius 3 is 2.56 bits per heavy atom. The number of rotatable bonds is 7. The normalized spacial score (nSPS) is 11.7. The number of para-hydroxylation sites is 1. The minimum absolute atomic E-state index is 0.0434. The van der Waals surface area contributed by atoms with Gasteiger partial charge >= 0.3 is 0 Å². The molecule has 0 aliphatic rings. The topological polar surface area (TPSA) is 52.0 Å². The third-order valence-electron chi connectivity index (χ3n) is 3.64. The Morgan fingerprint density at radius 2 is 1.92 bits per heavy atom. The summed E-state index contributed by atoms with van der Waals surface area (Å²) in [5, 5.41) is 2.45. The SMILES string of the molecule is COc1cccc(C[NH+](C)CC(=O)Nc2ccc(F)cc2F)c1OC. The van der Waals surface area contributed by atoms with Gasteiger partial charge in [-0.3, -0.25) is 4.79 Å². The Kier molecular flexibility index (Phi) is 6.30. The fourth-order valence-electron chi connectivity index (χ4n) is 2.54. The molecule has 0 heterocycles. The van der Waals surface area contributed by atoms with Crippen LogP contribution in [0.1, 0.15) is 5.56 Å². The summed E-state index contributed by atoms with van der Waals surface area (Å²) >= 11 is 0. The molecule has 25 heavy (non-hydrogen) atoms. The molecular formula is C18H21F2N2O3+. The van der Waals surface area contributed by atoms with Gasteiger partial charge in [-0.2, -0.15) is 0 Å². The predicted octanol–water partition coefficient (Wildman–Crippen LogP) is 1.64. The molecule has 0 saturated heterocycles. The summed E-state index contributed by atoms with van der Waals surface area (Å²) in [5.74, 6) is -0.631. The van der Waals surface area contributed by atoms with E-state index in [1.165, 1.54) is 6.07 Å². The van der Waals surface area contributed by atoms with Crippen LogP contribution >= 0.6 is 0 Å². The van der Waals surface area contributed by atoms with E-state index in [2.05, 4.69) is 5.32 Å². The van der Waals surface area contributed by atoms with Gasteiger partial charge in [0.1, 0.15) is 18.2 Å². The number of quaternary nitrogens is 1. The van der Waals surface area contributed by atoms with Gasteiger partial charge in [-0.05, 0) is 24.3 Å². The number of nitrogens with one attached hydrogen (secondary N) is 2. The molecule has 0 saturated carbocycles. The average molecular weight is 351 g/mol. The predicted molar refractivity (Wildman–Crippen MR) is 90.0 cm³/mol. The number of amides is 1. The largest absolute Gasteiger partial charge is 0.493 e. The number of hydrogen-bond donors (Lipinski definition) is 2. The summed E-state index contributed by atoms with van der Waals surface area (Å²) in [6.45, 7) is 0.622. The minimum Gasteiger partial charge on any atom is -0.493 e. The van der Waals surface area contributed by atoms with Crippen molar-refractivity contribution >= 4 is 11.6 Å². The van der Waals surface area contributed by atoms with Crippen LogP contribution in [0.5, 0.6) is 11.5 Å². The Bertz CT molecular complexity index is 753. The maximum Gasteiger partial charge on any atom is 0.279 e. The number of halogens is 2. The molecule has 7 heteroatoms. The highest BCUT2D eigenvalue weighted by Gasteiger charge is 2.17. The molecule has 0 aliphatic carbocycles. The van der Waals surface area contributed by atoms with E-state index in [4.69, 9.17) is 9.47 Å². The van der Waals surface area contributed by atoms with E-state index in [1.54, 1.807) is 20.3 Å². The monoisotopic (exact) mass is 351 g/mol. The smallest absolute Gasteiger partial charge is 0.279 e. The molecule has 0 spiro atoms. The molecule has 2 rings (SSSR count). The highest BCUT2D eigenvalue weighted by molar-refractivity contribution is 5.91. The molecule has 134 valence electrons. The lowest BCUT2D eigenvalue weighted by Crippen LogP contribution is -3.08. The number of methoxy groups -OCH3 is 2. The van der Waals surface area contributed by atoms with Gasteiger partial charge in [-0.1, -0.05) is 6.07 Å². The first-order valence-corrected chi connectivity index (χ1v) is 7.70. The van der Waals surface area contributed by atoms with Crippen LogP contribution in [-0.2, 0) is 11.3 Å². The van der Waals surface area contributed by atoms with Gasteiger partial charge in [0.15, 0.2) is 18.0 Å². The Labute approximate surface area is 145 Å². The van der Waals surface area contributed by atoms with E-state index in [9.17, 15) is 13.6 Å². The van der Waals surface area contributed by atoms with Crippen molar-refractivity contribution in [3.63, 3.8) is 0 Å². The third kappa shape index (κ3) is 4.90. The summed E-state index contributed by atoms with van der Waals surface area (Å²) in [5.41, 5.74) is 0.846. The van der Waals surface area contributed by atoms with Gasteiger partial charge in [-0.25, -0.2) is 8.78 Å². The van der Waals surface area contributed by atoms with E-state index in [0.717, 1.165) is 22.6 Å². The zero-order valence-corrected chi connectivity index (χ0v) is 14.4. The second-order valence-electron chi connectivity index (χ2n) is 5.64. The fourth-order valence-corrected chi connectivity index (χ4v) is 2.54. The van der Waals surface area contributed by atoms with Crippen LogP contribution in [0.3, 0.4) is 0 Å². The van der Waals surface area contributed by atoms with E-state index in [1.807, 2.05) is 19.2 Å². The second-order valence-corrected chi connectivity index (χ2v) is 5.64. The molecule has 2 aromatic rings. The average Bonchev–Trinajstić information content (AvgIpc) is 2.57. The number of hydrogen-bond acceptors (Lipinski definition) is 3. The molecule has 0 aromatic heterocycles. The summed E-state index contributed by atoms with van der Waals surface area (Å²) in [4.78, 5) is 12.9. The zero-order chi connectivity index (χ0) is 18.4. The van der Waals surface area contributed by atoms with Crippen molar-refractivity contribution in [2.45, 2.75) is 6.54 Å². The van der Waals surface area contributed by atoms with E-state index in [0.29, 0.717) is 18.0 Å². The molecule has 1 atom stereocenters. The van der Waals surface area contributed by atoms with Crippen molar-refractivity contribution in [2.24, 2.45) is 0 Å². The maximum atomic E-state index is 13.6. The lowest BCUT2D eigenvalue weighted by molar-refractivity contribution is -0.885. The van der Waals surface area contributed by atoms with Crippen molar-refractivity contribution in [1.82, 2.24) is 0 Å². The molecule has 1 amide bonds. The van der Waals surface area contributed by atoms with Gasteiger partial charge in [0.2, 0.25) is 0 Å². The lowest BCUT2D eigenvalue weighted by atomic mass is 10.1. The van der Waals surface area contributed by atoms with Crippen LogP contribution in [0.2, 0.25) is 0 Å². The summed E-state index contributed by atoms with van der Waals surface area (Å²) in [6, 6.07) is 8.55. The van der Waals surface area contributed by atoms with Crippen molar-refractivity contribution in [2.75, 3.05) is 33.1 Å². The van der Waals surface area contributed by atoms with Gasteiger partial charge in [0.05, 0.1) is 32.5 Å². The molecule has 2 N–H and O–H groups in total. The minimum atomic E-state index is -0.805. The lowest BCUT2D eigenvalue weighted by Gasteiger charge is -2.17. The molecule has 0 aliphatic heterocycles. The van der Waals surface area contributed by atoms with Crippen LogP contribution in [0, 0.1) is 11.6 Å². The summed E-state index contributed by atoms with van der Waals surface area (Å²) in [6.07, 6.45) is 0. The molecule has 5 nitrogen and oxygen atoms in total. The molecule has 0 bridgehead atoms. The first kappa shape index (κ1) is 18.7. The van der Waals surface area contributed by atoms with Gasteiger partial charge in [-0.15, -0.1) is 0 Å². The number of anilines is 1. The number of benzene rings is 2. The van der Waals surface area contributed by atoms with Crippen molar-refractivity contribution < 1.29 is 27.9 Å². The molecule has 0 fully saturated rings. The Morgan fingerprint density at radius 1 is 1.16 bits per heavy atom. The Balaban J connectivity index is 2.00.